The van der Waals surface area contributed by atoms with Gasteiger partial charge in [-0.1, -0.05) is 120 Å². The van der Waals surface area contributed by atoms with E-state index >= 15 is 0 Å². The molecule has 282 valence electrons. The summed E-state index contributed by atoms with van der Waals surface area (Å²) < 4.78 is 32.6. The van der Waals surface area contributed by atoms with Crippen LogP contribution in [0.2, 0.25) is 0 Å². The van der Waals surface area contributed by atoms with Crippen molar-refractivity contribution < 1.29 is 37.6 Å². The maximum absolute atomic E-state index is 12.5. The Morgan fingerprint density at radius 3 is 1.69 bits per heavy atom. The van der Waals surface area contributed by atoms with Crippen molar-refractivity contribution in [1.82, 2.24) is 0 Å². The van der Waals surface area contributed by atoms with Crippen molar-refractivity contribution in [2.75, 3.05) is 26.4 Å². The van der Waals surface area contributed by atoms with Crippen LogP contribution < -0.4 is 5.73 Å². The average Bonchev–Trinajstić information content (AvgIpc) is 3.08. The van der Waals surface area contributed by atoms with Crippen LogP contribution in [-0.4, -0.2) is 49.3 Å². The maximum atomic E-state index is 12.5. The van der Waals surface area contributed by atoms with Crippen molar-refractivity contribution in [3.8, 4) is 0 Å². The molecule has 0 heterocycles. The number of esters is 2. The summed E-state index contributed by atoms with van der Waals surface area (Å²) in [7, 11) is -4.38. The van der Waals surface area contributed by atoms with Gasteiger partial charge in [0.15, 0.2) is 6.10 Å². The zero-order valence-electron chi connectivity index (χ0n) is 30.7. The number of unbranched alkanes of at least 4 members (excludes halogenated alkanes) is 11. The van der Waals surface area contributed by atoms with Gasteiger partial charge >= 0.3 is 19.8 Å². The van der Waals surface area contributed by atoms with E-state index < -0.39 is 32.5 Å². The summed E-state index contributed by atoms with van der Waals surface area (Å²) in [6.07, 6.45) is 39.7. The minimum atomic E-state index is -4.38. The smallest absolute Gasteiger partial charge is 0.462 e. The van der Waals surface area contributed by atoms with Crippen molar-refractivity contribution in [3.63, 3.8) is 0 Å². The van der Waals surface area contributed by atoms with E-state index in [9.17, 15) is 19.0 Å². The molecule has 0 aliphatic rings. The number of nitrogens with two attached hydrogens (primary N) is 1. The van der Waals surface area contributed by atoms with Crippen molar-refractivity contribution in [3.05, 3.63) is 60.8 Å². The third kappa shape index (κ3) is 35.3. The van der Waals surface area contributed by atoms with Gasteiger partial charge in [-0.3, -0.25) is 18.6 Å². The lowest BCUT2D eigenvalue weighted by Crippen LogP contribution is -2.29. The summed E-state index contributed by atoms with van der Waals surface area (Å²) in [4.78, 5) is 34.7. The van der Waals surface area contributed by atoms with Gasteiger partial charge in [-0.25, -0.2) is 4.57 Å². The standard InChI is InChI=1S/C39H68NO8P/c1-3-5-7-9-11-13-15-16-17-18-19-20-22-24-26-28-30-32-39(42)48-37(36-47-49(43,44)46-34-33-40)35-45-38(41)31-29-27-25-23-21-14-12-10-8-6-4-2/h7,9-10,12-13,15,17-18,20,22,37H,3-6,8,11,14,16,19,21,23-36,40H2,1-2H3,(H,43,44)/b9-7+,12-10+,15-13+,18-17+,22-20+/t37-/m1/s1. The molecule has 10 heteroatoms. The number of carbonyl (C=O) groups is 2. The molecule has 0 aromatic rings. The van der Waals surface area contributed by atoms with E-state index in [2.05, 4.69) is 74.6 Å². The highest BCUT2D eigenvalue weighted by Crippen LogP contribution is 2.43. The molecule has 0 radical (unpaired) electrons. The zero-order chi connectivity index (χ0) is 36.1. The van der Waals surface area contributed by atoms with Crippen LogP contribution >= 0.6 is 7.82 Å². The van der Waals surface area contributed by atoms with Crippen LogP contribution in [0.3, 0.4) is 0 Å². The molecule has 9 nitrogen and oxygen atoms in total. The molecule has 0 aromatic carbocycles. The van der Waals surface area contributed by atoms with Crippen LogP contribution in [-0.2, 0) is 32.7 Å². The third-order valence-electron chi connectivity index (χ3n) is 7.36. The van der Waals surface area contributed by atoms with Gasteiger partial charge in [0.2, 0.25) is 0 Å². The van der Waals surface area contributed by atoms with E-state index in [-0.39, 0.29) is 32.6 Å². The summed E-state index contributed by atoms with van der Waals surface area (Å²) in [6.45, 7) is 3.54. The molecule has 0 aliphatic carbocycles. The molecule has 49 heavy (non-hydrogen) atoms. The van der Waals surface area contributed by atoms with Gasteiger partial charge in [-0.2, -0.15) is 0 Å². The molecule has 0 rings (SSSR count). The number of carbonyl (C=O) groups excluding carboxylic acids is 2. The van der Waals surface area contributed by atoms with Crippen LogP contribution in [0.25, 0.3) is 0 Å². The Kier molecular flexibility index (Phi) is 33.9. The minimum absolute atomic E-state index is 0.0440. The molecular weight excluding hydrogens is 641 g/mol. The van der Waals surface area contributed by atoms with Crippen LogP contribution in [0.4, 0.5) is 0 Å². The fraction of sp³-hybridized carbons (Fsp3) is 0.692. The predicted octanol–water partition coefficient (Wildman–Crippen LogP) is 10.2. The fourth-order valence-electron chi connectivity index (χ4n) is 4.54. The topological polar surface area (TPSA) is 134 Å². The first-order chi connectivity index (χ1) is 23.8. The average molecular weight is 710 g/mol. The highest BCUT2D eigenvalue weighted by Gasteiger charge is 2.25. The Bertz CT molecular complexity index is 992. The monoisotopic (exact) mass is 709 g/mol. The lowest BCUT2D eigenvalue weighted by Gasteiger charge is -2.19. The summed E-state index contributed by atoms with van der Waals surface area (Å²) in [6, 6.07) is 0. The van der Waals surface area contributed by atoms with Crippen LogP contribution in [0.1, 0.15) is 142 Å². The molecule has 0 saturated carbocycles. The largest absolute Gasteiger partial charge is 0.472 e. The maximum Gasteiger partial charge on any atom is 0.472 e. The Labute approximate surface area is 298 Å². The van der Waals surface area contributed by atoms with Crippen LogP contribution in [0, 0.1) is 0 Å². The first-order valence-corrected chi connectivity index (χ1v) is 20.3. The van der Waals surface area contributed by atoms with Crippen molar-refractivity contribution in [2.24, 2.45) is 5.73 Å². The zero-order valence-corrected chi connectivity index (χ0v) is 31.5. The van der Waals surface area contributed by atoms with E-state index in [1.165, 1.54) is 19.3 Å². The summed E-state index contributed by atoms with van der Waals surface area (Å²) in [5, 5.41) is 0. The second-order valence-corrected chi connectivity index (χ2v) is 13.5. The molecule has 0 aliphatic heterocycles. The minimum Gasteiger partial charge on any atom is -0.462 e. The quantitative estimate of drug-likeness (QED) is 0.0290. The van der Waals surface area contributed by atoms with Gasteiger partial charge in [0.1, 0.15) is 6.61 Å². The number of hydrogen-bond donors (Lipinski definition) is 2. The molecule has 0 spiro atoms. The number of phosphoric ester groups is 1. The summed E-state index contributed by atoms with van der Waals surface area (Å²) in [5.74, 6) is -0.884. The van der Waals surface area contributed by atoms with E-state index in [0.717, 1.165) is 83.5 Å². The van der Waals surface area contributed by atoms with E-state index in [1.54, 1.807) is 0 Å². The van der Waals surface area contributed by atoms with Gasteiger partial charge in [0.05, 0.1) is 13.2 Å². The molecule has 0 fully saturated rings. The predicted molar refractivity (Wildman–Crippen MR) is 201 cm³/mol. The molecule has 0 bridgehead atoms. The van der Waals surface area contributed by atoms with Crippen molar-refractivity contribution >= 4 is 19.8 Å². The van der Waals surface area contributed by atoms with Gasteiger partial charge in [-0.05, 0) is 70.6 Å². The Morgan fingerprint density at radius 1 is 0.612 bits per heavy atom. The van der Waals surface area contributed by atoms with E-state index in [0.29, 0.717) is 12.8 Å². The third-order valence-corrected chi connectivity index (χ3v) is 8.34. The van der Waals surface area contributed by atoms with Crippen molar-refractivity contribution in [2.45, 2.75) is 148 Å². The Morgan fingerprint density at radius 2 is 1.10 bits per heavy atom. The SMILES string of the molecule is CCC/C=C/C/C=C/C/C=C/C/C=C/CCCCCC(=O)O[C@H](COC(=O)CCCCCCC/C=C/CCCC)COP(=O)(O)OCCN. The number of hydrogen-bond acceptors (Lipinski definition) is 8. The highest BCUT2D eigenvalue weighted by atomic mass is 31.2. The Hall–Kier alpha value is -2.29. The molecule has 2 atom stereocenters. The normalized spacial score (nSPS) is 14.1. The summed E-state index contributed by atoms with van der Waals surface area (Å²) in [5.41, 5.74) is 5.32. The highest BCUT2D eigenvalue weighted by molar-refractivity contribution is 7.47. The van der Waals surface area contributed by atoms with E-state index in [1.807, 2.05) is 0 Å². The second kappa shape index (κ2) is 35.5. The number of rotatable bonds is 34. The second-order valence-electron chi connectivity index (χ2n) is 12.1. The van der Waals surface area contributed by atoms with Gasteiger partial charge < -0.3 is 20.1 Å². The first kappa shape index (κ1) is 46.7. The molecule has 0 saturated heterocycles. The van der Waals surface area contributed by atoms with Gasteiger partial charge in [0, 0.05) is 19.4 Å². The van der Waals surface area contributed by atoms with Crippen molar-refractivity contribution in [1.29, 1.82) is 0 Å². The van der Waals surface area contributed by atoms with Crippen LogP contribution in [0.5, 0.6) is 0 Å². The number of phosphoric acid groups is 1. The molecular formula is C39H68NO8P. The Balaban J connectivity index is 4.32. The molecule has 0 aromatic heterocycles. The van der Waals surface area contributed by atoms with Gasteiger partial charge in [-0.15, -0.1) is 0 Å². The number of ether oxygens (including phenoxy) is 2. The lowest BCUT2D eigenvalue weighted by molar-refractivity contribution is -0.161. The molecule has 1 unspecified atom stereocenters. The van der Waals surface area contributed by atoms with Crippen LogP contribution in [0.15, 0.2) is 60.8 Å². The fourth-order valence-corrected chi connectivity index (χ4v) is 5.31. The lowest BCUT2D eigenvalue weighted by atomic mass is 10.1. The molecule has 3 N–H and O–H groups in total. The van der Waals surface area contributed by atoms with Gasteiger partial charge in [0.25, 0.3) is 0 Å². The first-order valence-electron chi connectivity index (χ1n) is 18.8. The summed E-state index contributed by atoms with van der Waals surface area (Å²) >= 11 is 0. The molecule has 0 amide bonds. The number of allylic oxidation sites excluding steroid dienone is 10. The van der Waals surface area contributed by atoms with E-state index in [4.69, 9.17) is 24.3 Å².